The van der Waals surface area contributed by atoms with Crippen molar-refractivity contribution in [3.05, 3.63) is 0 Å². The lowest BCUT2D eigenvalue weighted by molar-refractivity contribution is -0.144. The van der Waals surface area contributed by atoms with Gasteiger partial charge in [0.05, 0.1) is 13.7 Å². The van der Waals surface area contributed by atoms with Gasteiger partial charge in [-0.1, -0.05) is 0 Å². The van der Waals surface area contributed by atoms with Crippen LogP contribution < -0.4 is 5.32 Å². The zero-order valence-electron chi connectivity index (χ0n) is 11.0. The molecule has 1 amide bonds. The Bertz CT molecular complexity index is 320. The molecule has 0 saturated carbocycles. The second-order valence-corrected chi connectivity index (χ2v) is 4.60. The van der Waals surface area contributed by atoms with Gasteiger partial charge in [-0.3, -0.25) is 9.59 Å². The molecule has 0 aliphatic carbocycles. The number of ether oxygens (including phenoxy) is 2. The number of esters is 1. The lowest BCUT2D eigenvalue weighted by Gasteiger charge is -2.22. The third kappa shape index (κ3) is 6.85. The summed E-state index contributed by atoms with van der Waals surface area (Å²) in [6.45, 7) is 4.37. The smallest absolute Gasteiger partial charge is 0.408 e. The van der Waals surface area contributed by atoms with Gasteiger partial charge < -0.3 is 19.9 Å². The molecule has 0 aromatic carbocycles. The fourth-order valence-corrected chi connectivity index (χ4v) is 1.02. The molecule has 0 fully saturated rings. The first-order valence-electron chi connectivity index (χ1n) is 5.39. The normalized spacial score (nSPS) is 12.5. The first-order valence-corrected chi connectivity index (χ1v) is 5.39. The van der Waals surface area contributed by atoms with Crippen molar-refractivity contribution in [1.29, 1.82) is 0 Å². The number of carbonyl (C=O) groups is 3. The molecule has 0 heterocycles. The Labute approximate surface area is 105 Å². The first-order chi connectivity index (χ1) is 8.19. The Morgan fingerprint density at radius 3 is 2.22 bits per heavy atom. The van der Waals surface area contributed by atoms with Gasteiger partial charge in [-0.05, 0) is 20.8 Å². The molecule has 18 heavy (non-hydrogen) atoms. The molecule has 0 aliphatic rings. The molecule has 0 spiro atoms. The number of Topliss-reactive ketones (excluding diaryl/α,β-unsaturated/α-hetero) is 1. The van der Waals surface area contributed by atoms with Crippen molar-refractivity contribution in [2.24, 2.45) is 0 Å². The number of hydrogen-bond donors (Lipinski definition) is 2. The molecule has 0 aromatic heterocycles. The van der Waals surface area contributed by atoms with Gasteiger partial charge in [-0.25, -0.2) is 4.79 Å². The van der Waals surface area contributed by atoms with E-state index < -0.39 is 42.5 Å². The van der Waals surface area contributed by atoms with Gasteiger partial charge in [0.2, 0.25) is 0 Å². The van der Waals surface area contributed by atoms with E-state index in [0.29, 0.717) is 0 Å². The van der Waals surface area contributed by atoms with Crippen LogP contribution in [-0.2, 0) is 19.1 Å². The lowest BCUT2D eigenvalue weighted by atomic mass is 10.1. The minimum Gasteiger partial charge on any atom is -0.469 e. The highest BCUT2D eigenvalue weighted by molar-refractivity contribution is 5.99. The topological polar surface area (TPSA) is 102 Å². The van der Waals surface area contributed by atoms with Gasteiger partial charge >= 0.3 is 12.1 Å². The quantitative estimate of drug-likeness (QED) is 0.533. The average Bonchev–Trinajstić information content (AvgIpc) is 2.22. The van der Waals surface area contributed by atoms with Crippen molar-refractivity contribution < 1.29 is 29.0 Å². The van der Waals surface area contributed by atoms with Gasteiger partial charge in [-0.15, -0.1) is 0 Å². The number of rotatable bonds is 5. The van der Waals surface area contributed by atoms with E-state index >= 15 is 0 Å². The molecule has 7 heteroatoms. The Balaban J connectivity index is 4.38. The van der Waals surface area contributed by atoms with Gasteiger partial charge in [0.25, 0.3) is 0 Å². The molecule has 0 radical (unpaired) electrons. The zero-order valence-corrected chi connectivity index (χ0v) is 11.0. The van der Waals surface area contributed by atoms with Crippen molar-refractivity contribution in [3.8, 4) is 0 Å². The Kier molecular flexibility index (Phi) is 6.32. The molecule has 0 aliphatic heterocycles. The summed E-state index contributed by atoms with van der Waals surface area (Å²) < 4.78 is 9.24. The summed E-state index contributed by atoms with van der Waals surface area (Å²) in [6, 6.07) is -1.18. The molecule has 0 bridgehead atoms. The first kappa shape index (κ1) is 16.4. The Morgan fingerprint density at radius 2 is 1.83 bits per heavy atom. The summed E-state index contributed by atoms with van der Waals surface area (Å²) in [5.74, 6) is -1.38. The van der Waals surface area contributed by atoms with E-state index in [2.05, 4.69) is 10.1 Å². The summed E-state index contributed by atoms with van der Waals surface area (Å²) in [4.78, 5) is 33.8. The molecule has 0 saturated heterocycles. The SMILES string of the molecule is COC(=O)CC(=O)[C@H](CO)NC(=O)OC(C)(C)C. The predicted molar refractivity (Wildman–Crippen MR) is 61.9 cm³/mol. The second kappa shape index (κ2) is 6.95. The summed E-state index contributed by atoms with van der Waals surface area (Å²) in [6.07, 6.45) is -1.35. The maximum absolute atomic E-state index is 11.5. The minimum atomic E-state index is -1.18. The van der Waals surface area contributed by atoms with Gasteiger partial charge in [0, 0.05) is 0 Å². The van der Waals surface area contributed by atoms with E-state index in [1.165, 1.54) is 0 Å². The number of methoxy groups -OCH3 is 1. The summed E-state index contributed by atoms with van der Waals surface area (Å²) in [5, 5.41) is 11.2. The number of hydrogen-bond acceptors (Lipinski definition) is 6. The third-order valence-electron chi connectivity index (χ3n) is 1.81. The number of nitrogens with one attached hydrogen (secondary N) is 1. The number of aliphatic hydroxyl groups is 1. The lowest BCUT2D eigenvalue weighted by Crippen LogP contribution is -2.46. The molecular weight excluding hydrogens is 242 g/mol. The number of alkyl carbamates (subject to hydrolysis) is 1. The monoisotopic (exact) mass is 261 g/mol. The average molecular weight is 261 g/mol. The van der Waals surface area contributed by atoms with Crippen LogP contribution in [0, 0.1) is 0 Å². The third-order valence-corrected chi connectivity index (χ3v) is 1.81. The van der Waals surface area contributed by atoms with Crippen LogP contribution in [-0.4, -0.2) is 48.3 Å². The molecule has 2 N–H and O–H groups in total. The summed E-state index contributed by atoms with van der Waals surface area (Å²) in [5.41, 5.74) is -0.713. The predicted octanol–water partition coefficient (Wildman–Crippen LogP) is 0.00420. The van der Waals surface area contributed by atoms with Crippen LogP contribution in [0.25, 0.3) is 0 Å². The van der Waals surface area contributed by atoms with Crippen molar-refractivity contribution in [2.75, 3.05) is 13.7 Å². The minimum absolute atomic E-state index is 0.516. The molecule has 1 atom stereocenters. The van der Waals surface area contributed by atoms with Crippen molar-refractivity contribution >= 4 is 17.8 Å². The fourth-order valence-electron chi connectivity index (χ4n) is 1.02. The van der Waals surface area contributed by atoms with Crippen LogP contribution in [0.2, 0.25) is 0 Å². The number of ketones is 1. The van der Waals surface area contributed by atoms with E-state index in [0.717, 1.165) is 7.11 Å². The number of amides is 1. The highest BCUT2D eigenvalue weighted by atomic mass is 16.6. The van der Waals surface area contributed by atoms with Crippen molar-refractivity contribution in [3.63, 3.8) is 0 Å². The van der Waals surface area contributed by atoms with Crippen LogP contribution in [0.15, 0.2) is 0 Å². The van der Waals surface area contributed by atoms with Crippen molar-refractivity contribution in [1.82, 2.24) is 5.32 Å². The van der Waals surface area contributed by atoms with E-state index in [9.17, 15) is 14.4 Å². The second-order valence-electron chi connectivity index (χ2n) is 4.60. The maximum atomic E-state index is 11.5. The van der Waals surface area contributed by atoms with Gasteiger partial charge in [0.1, 0.15) is 18.1 Å². The van der Waals surface area contributed by atoms with Crippen LogP contribution in [0.4, 0.5) is 4.79 Å². The summed E-state index contributed by atoms with van der Waals surface area (Å²) >= 11 is 0. The van der Waals surface area contributed by atoms with Gasteiger partial charge in [0.15, 0.2) is 5.78 Å². The molecule has 104 valence electrons. The number of carbonyl (C=O) groups excluding carboxylic acids is 3. The zero-order chi connectivity index (χ0) is 14.3. The van der Waals surface area contributed by atoms with E-state index in [-0.39, 0.29) is 0 Å². The van der Waals surface area contributed by atoms with Gasteiger partial charge in [-0.2, -0.15) is 0 Å². The van der Waals surface area contributed by atoms with E-state index in [4.69, 9.17) is 9.84 Å². The Hall–Kier alpha value is -1.63. The van der Waals surface area contributed by atoms with Crippen LogP contribution in [0.3, 0.4) is 0 Å². The largest absolute Gasteiger partial charge is 0.469 e. The molecule has 7 nitrogen and oxygen atoms in total. The molecule has 0 rings (SSSR count). The maximum Gasteiger partial charge on any atom is 0.408 e. The Morgan fingerprint density at radius 1 is 1.28 bits per heavy atom. The number of aliphatic hydroxyl groups excluding tert-OH is 1. The van der Waals surface area contributed by atoms with E-state index in [1.807, 2.05) is 0 Å². The highest BCUT2D eigenvalue weighted by Gasteiger charge is 2.25. The van der Waals surface area contributed by atoms with Crippen LogP contribution >= 0.6 is 0 Å². The highest BCUT2D eigenvalue weighted by Crippen LogP contribution is 2.07. The molecule has 0 unspecified atom stereocenters. The molecular formula is C11H19NO6. The van der Waals surface area contributed by atoms with Crippen molar-refractivity contribution in [2.45, 2.75) is 38.8 Å². The standard InChI is InChI=1S/C11H19NO6/c1-11(2,3)18-10(16)12-7(6-13)8(14)5-9(15)17-4/h7,13H,5-6H2,1-4H3,(H,12,16)/t7-/m0/s1. The van der Waals surface area contributed by atoms with Crippen LogP contribution in [0.1, 0.15) is 27.2 Å². The molecule has 0 aromatic rings. The van der Waals surface area contributed by atoms with Crippen LogP contribution in [0.5, 0.6) is 0 Å². The fraction of sp³-hybridized carbons (Fsp3) is 0.727. The summed E-state index contributed by atoms with van der Waals surface area (Å²) in [7, 11) is 1.14. The van der Waals surface area contributed by atoms with E-state index in [1.54, 1.807) is 20.8 Å².